The van der Waals surface area contributed by atoms with E-state index in [0.717, 1.165) is 12.8 Å². The first kappa shape index (κ1) is 13.9. The molecule has 2 rings (SSSR count). The number of carbonyl (C=O) groups is 1. The van der Waals surface area contributed by atoms with Crippen LogP contribution in [0.15, 0.2) is 36.4 Å². The minimum Gasteiger partial charge on any atom is -0.481 e. The van der Waals surface area contributed by atoms with Gasteiger partial charge in [-0.05, 0) is 36.7 Å². The molecule has 1 fully saturated rings. The lowest BCUT2D eigenvalue weighted by Gasteiger charge is -2.37. The fourth-order valence-electron chi connectivity index (χ4n) is 3.05. The van der Waals surface area contributed by atoms with Crippen LogP contribution in [0.3, 0.4) is 0 Å². The number of carboxylic acids is 1. The van der Waals surface area contributed by atoms with Gasteiger partial charge in [0.1, 0.15) is 0 Å². The van der Waals surface area contributed by atoms with Crippen molar-refractivity contribution in [2.45, 2.75) is 33.6 Å². The molecule has 2 heteroatoms. The van der Waals surface area contributed by atoms with Crippen molar-refractivity contribution >= 4 is 12.0 Å². The van der Waals surface area contributed by atoms with Gasteiger partial charge in [0, 0.05) is 0 Å². The number of hydrogen-bond donors (Lipinski definition) is 1. The maximum Gasteiger partial charge on any atom is 0.309 e. The van der Waals surface area contributed by atoms with Crippen LogP contribution < -0.4 is 0 Å². The minimum atomic E-state index is -0.673. The topological polar surface area (TPSA) is 37.3 Å². The Hall–Kier alpha value is -1.57. The first-order chi connectivity index (χ1) is 8.88. The van der Waals surface area contributed by atoms with Gasteiger partial charge in [0.25, 0.3) is 0 Å². The molecule has 2 atom stereocenters. The monoisotopic (exact) mass is 258 g/mol. The fourth-order valence-corrected chi connectivity index (χ4v) is 3.05. The third-order valence-corrected chi connectivity index (χ3v) is 5.10. The van der Waals surface area contributed by atoms with Gasteiger partial charge in [0.15, 0.2) is 0 Å². The standard InChI is InChI=1S/C17H22O2/c1-16(2)14(11-12-17(16,3)15(18)19)10-9-13-7-5-4-6-8-13/h4-10,14H,11-12H2,1-3H3,(H,18,19)/b10-9+/t14-,17-/m0/s1. The Morgan fingerprint density at radius 2 is 1.89 bits per heavy atom. The van der Waals surface area contributed by atoms with Crippen molar-refractivity contribution in [3.8, 4) is 0 Å². The SMILES string of the molecule is CC1(C)[C@@H](/C=C/c2ccccc2)CC[C@@]1(C)C(=O)O. The molecule has 1 N–H and O–H groups in total. The lowest BCUT2D eigenvalue weighted by molar-refractivity contribution is -0.154. The number of benzene rings is 1. The highest BCUT2D eigenvalue weighted by Gasteiger charge is 2.55. The molecule has 0 bridgehead atoms. The van der Waals surface area contributed by atoms with Crippen LogP contribution in [0.1, 0.15) is 39.2 Å². The number of allylic oxidation sites excluding steroid dienone is 1. The average molecular weight is 258 g/mol. The number of aliphatic carboxylic acids is 1. The molecule has 0 unspecified atom stereocenters. The van der Waals surface area contributed by atoms with Crippen molar-refractivity contribution in [1.82, 2.24) is 0 Å². The van der Waals surface area contributed by atoms with E-state index in [9.17, 15) is 9.90 Å². The molecule has 19 heavy (non-hydrogen) atoms. The molecule has 102 valence electrons. The van der Waals surface area contributed by atoms with E-state index in [2.05, 4.69) is 38.1 Å². The number of rotatable bonds is 3. The second-order valence-corrected chi connectivity index (χ2v) is 6.27. The lowest BCUT2D eigenvalue weighted by atomic mass is 9.65. The first-order valence-electron chi connectivity index (χ1n) is 6.84. The van der Waals surface area contributed by atoms with Crippen molar-refractivity contribution in [1.29, 1.82) is 0 Å². The van der Waals surface area contributed by atoms with Crippen LogP contribution in [-0.4, -0.2) is 11.1 Å². The number of hydrogen-bond acceptors (Lipinski definition) is 1. The van der Waals surface area contributed by atoms with E-state index >= 15 is 0 Å². The van der Waals surface area contributed by atoms with E-state index in [1.807, 2.05) is 25.1 Å². The Bertz CT molecular complexity index is 487. The van der Waals surface area contributed by atoms with Gasteiger partial charge >= 0.3 is 5.97 Å². The molecule has 1 aromatic rings. The van der Waals surface area contributed by atoms with E-state index in [0.29, 0.717) is 5.92 Å². The summed E-state index contributed by atoms with van der Waals surface area (Å²) in [5.41, 5.74) is 0.324. The molecule has 0 saturated heterocycles. The highest BCUT2D eigenvalue weighted by molar-refractivity contribution is 5.76. The second kappa shape index (κ2) is 4.84. The molecule has 0 radical (unpaired) electrons. The summed E-state index contributed by atoms with van der Waals surface area (Å²) in [7, 11) is 0. The zero-order valence-corrected chi connectivity index (χ0v) is 11.9. The van der Waals surface area contributed by atoms with Gasteiger partial charge in [-0.15, -0.1) is 0 Å². The predicted molar refractivity (Wildman–Crippen MR) is 77.7 cm³/mol. The third-order valence-electron chi connectivity index (χ3n) is 5.10. The normalized spacial score (nSPS) is 29.7. The highest BCUT2D eigenvalue weighted by Crippen LogP contribution is 2.56. The van der Waals surface area contributed by atoms with Crippen molar-refractivity contribution in [2.75, 3.05) is 0 Å². The van der Waals surface area contributed by atoms with Gasteiger partial charge < -0.3 is 5.11 Å². The molecular weight excluding hydrogens is 236 g/mol. The Labute approximate surface area is 115 Å². The third kappa shape index (κ3) is 2.32. The van der Waals surface area contributed by atoms with Crippen LogP contribution in [0, 0.1) is 16.7 Å². The molecule has 0 heterocycles. The zero-order chi connectivity index (χ0) is 14.1. The highest BCUT2D eigenvalue weighted by atomic mass is 16.4. The Morgan fingerprint density at radius 1 is 1.26 bits per heavy atom. The predicted octanol–water partition coefficient (Wildman–Crippen LogP) is 4.23. The maximum atomic E-state index is 11.5. The van der Waals surface area contributed by atoms with Gasteiger partial charge in [-0.1, -0.05) is 56.3 Å². The van der Waals surface area contributed by atoms with Crippen LogP contribution in [0.5, 0.6) is 0 Å². The van der Waals surface area contributed by atoms with Gasteiger partial charge in [-0.3, -0.25) is 4.79 Å². The zero-order valence-electron chi connectivity index (χ0n) is 11.9. The largest absolute Gasteiger partial charge is 0.481 e. The van der Waals surface area contributed by atoms with Crippen LogP contribution in [0.2, 0.25) is 0 Å². The smallest absolute Gasteiger partial charge is 0.309 e. The van der Waals surface area contributed by atoms with E-state index in [1.165, 1.54) is 5.56 Å². The first-order valence-corrected chi connectivity index (χ1v) is 6.84. The summed E-state index contributed by atoms with van der Waals surface area (Å²) in [6.07, 6.45) is 5.99. The van der Waals surface area contributed by atoms with Crippen LogP contribution in [0.4, 0.5) is 0 Å². The molecular formula is C17H22O2. The molecule has 2 nitrogen and oxygen atoms in total. The molecule has 0 spiro atoms. The molecule has 0 amide bonds. The summed E-state index contributed by atoms with van der Waals surface area (Å²) in [6.45, 7) is 6.04. The molecule has 0 aliphatic heterocycles. The Kier molecular flexibility index (Phi) is 3.53. The summed E-state index contributed by atoms with van der Waals surface area (Å²) in [5.74, 6) is -0.359. The molecule has 1 saturated carbocycles. The molecule has 0 aromatic heterocycles. The van der Waals surface area contributed by atoms with Crippen molar-refractivity contribution < 1.29 is 9.90 Å². The lowest BCUT2D eigenvalue weighted by Crippen LogP contribution is -2.40. The van der Waals surface area contributed by atoms with Gasteiger partial charge in [0.05, 0.1) is 5.41 Å². The van der Waals surface area contributed by atoms with Gasteiger partial charge in [-0.2, -0.15) is 0 Å². The van der Waals surface area contributed by atoms with Gasteiger partial charge in [0.2, 0.25) is 0 Å². The van der Waals surface area contributed by atoms with E-state index in [-0.39, 0.29) is 5.41 Å². The summed E-state index contributed by atoms with van der Waals surface area (Å²) < 4.78 is 0. The van der Waals surface area contributed by atoms with Crippen molar-refractivity contribution in [2.24, 2.45) is 16.7 Å². The molecule has 1 aliphatic carbocycles. The van der Waals surface area contributed by atoms with E-state index < -0.39 is 11.4 Å². The summed E-state index contributed by atoms with van der Waals surface area (Å²) in [5, 5.41) is 9.49. The van der Waals surface area contributed by atoms with Crippen LogP contribution >= 0.6 is 0 Å². The van der Waals surface area contributed by atoms with Crippen LogP contribution in [-0.2, 0) is 4.79 Å². The van der Waals surface area contributed by atoms with E-state index in [1.54, 1.807) is 0 Å². The fraction of sp³-hybridized carbons (Fsp3) is 0.471. The van der Waals surface area contributed by atoms with Crippen molar-refractivity contribution in [3.05, 3.63) is 42.0 Å². The maximum absolute atomic E-state index is 11.5. The minimum absolute atomic E-state index is 0.218. The quantitative estimate of drug-likeness (QED) is 0.881. The number of carboxylic acid groups (broad SMARTS) is 1. The molecule has 1 aromatic carbocycles. The Balaban J connectivity index is 2.20. The summed E-state index contributed by atoms with van der Waals surface area (Å²) in [4.78, 5) is 11.5. The summed E-state index contributed by atoms with van der Waals surface area (Å²) >= 11 is 0. The van der Waals surface area contributed by atoms with Gasteiger partial charge in [-0.25, -0.2) is 0 Å². The second-order valence-electron chi connectivity index (χ2n) is 6.27. The van der Waals surface area contributed by atoms with E-state index in [4.69, 9.17) is 0 Å². The average Bonchev–Trinajstić information content (AvgIpc) is 2.61. The summed E-state index contributed by atoms with van der Waals surface area (Å²) in [6, 6.07) is 10.2. The van der Waals surface area contributed by atoms with Crippen LogP contribution in [0.25, 0.3) is 6.08 Å². The molecule has 1 aliphatic rings. The van der Waals surface area contributed by atoms with Crippen molar-refractivity contribution in [3.63, 3.8) is 0 Å². The Morgan fingerprint density at radius 3 is 2.42 bits per heavy atom.